The number of benzene rings is 1. The summed E-state index contributed by atoms with van der Waals surface area (Å²) in [5, 5.41) is 27.9. The van der Waals surface area contributed by atoms with Gasteiger partial charge in [0.1, 0.15) is 12.1 Å². The van der Waals surface area contributed by atoms with Crippen molar-refractivity contribution in [3.8, 4) is 11.4 Å². The lowest BCUT2D eigenvalue weighted by Crippen LogP contribution is -2.53. The number of tetrazole rings is 1. The zero-order valence-electron chi connectivity index (χ0n) is 17.1. The first-order valence-corrected chi connectivity index (χ1v) is 10.3. The maximum Gasteiger partial charge on any atom is 0.252 e. The number of aliphatic hydroxyl groups excluding tert-OH is 1. The van der Waals surface area contributed by atoms with E-state index in [-0.39, 0.29) is 24.3 Å². The van der Waals surface area contributed by atoms with Gasteiger partial charge < -0.3 is 15.3 Å². The first kappa shape index (κ1) is 20.7. The summed E-state index contributed by atoms with van der Waals surface area (Å²) in [4.78, 5) is 27.5. The Bertz CT molecular complexity index is 958. The number of aromatic amines is 1. The standard InChI is InChI=1S/C20H25ClN6O3/c1-20(2,3)16(28)19(30)27-9-11-7-14(11)15(27)18(29)22-8-10-6-12(21)4-5-13(10)17-23-25-26-24-17/h4-6,11,14-16,28H,7-9H2,1-3H3,(H,22,29)(H,23,24,25,26)/t11-,14-,15-,16-/m0/s1. The Morgan fingerprint density at radius 2 is 2.17 bits per heavy atom. The molecule has 1 aliphatic heterocycles. The Balaban J connectivity index is 1.49. The van der Waals surface area contributed by atoms with E-state index in [0.29, 0.717) is 28.9 Å². The lowest BCUT2D eigenvalue weighted by Gasteiger charge is -2.33. The summed E-state index contributed by atoms with van der Waals surface area (Å²) in [6, 6.07) is 4.68. The lowest BCUT2D eigenvalue weighted by atomic mass is 9.88. The molecule has 1 aromatic heterocycles. The summed E-state index contributed by atoms with van der Waals surface area (Å²) in [5.41, 5.74) is 0.862. The predicted molar refractivity (Wildman–Crippen MR) is 109 cm³/mol. The molecule has 0 spiro atoms. The SMILES string of the molecule is CC(C)(C)[C@@H](O)C(=O)N1C[C@@H]2C[C@@H]2[C@H]1C(=O)NCc1cc(Cl)ccc1-c1nn[nH]n1. The van der Waals surface area contributed by atoms with Crippen molar-refractivity contribution >= 4 is 23.4 Å². The molecule has 160 valence electrons. The summed E-state index contributed by atoms with van der Waals surface area (Å²) in [5.74, 6) is 0.276. The van der Waals surface area contributed by atoms with Crippen molar-refractivity contribution in [3.63, 3.8) is 0 Å². The maximum atomic E-state index is 13.1. The van der Waals surface area contributed by atoms with Gasteiger partial charge in [0.25, 0.3) is 5.91 Å². The molecule has 2 aromatic rings. The number of rotatable bonds is 5. The highest BCUT2D eigenvalue weighted by Gasteiger charge is 2.57. The van der Waals surface area contributed by atoms with Crippen molar-refractivity contribution in [3.05, 3.63) is 28.8 Å². The number of carbonyl (C=O) groups is 2. The smallest absolute Gasteiger partial charge is 0.252 e. The van der Waals surface area contributed by atoms with Crippen LogP contribution in [0.2, 0.25) is 5.02 Å². The number of halogens is 1. The number of hydrogen-bond donors (Lipinski definition) is 3. The van der Waals surface area contributed by atoms with Crippen LogP contribution in [-0.4, -0.2) is 61.1 Å². The number of nitrogens with zero attached hydrogens (tertiary/aromatic N) is 4. The van der Waals surface area contributed by atoms with Crippen LogP contribution in [0, 0.1) is 17.3 Å². The average molecular weight is 433 g/mol. The first-order valence-electron chi connectivity index (χ1n) is 9.95. The molecule has 0 unspecified atom stereocenters. The number of carbonyl (C=O) groups excluding carboxylic acids is 2. The van der Waals surface area contributed by atoms with Gasteiger partial charge in [-0.05, 0) is 52.6 Å². The van der Waals surface area contributed by atoms with Gasteiger partial charge >= 0.3 is 0 Å². The second-order valence-corrected chi connectivity index (χ2v) is 9.55. The molecule has 2 fully saturated rings. The van der Waals surface area contributed by atoms with E-state index in [0.717, 1.165) is 12.0 Å². The van der Waals surface area contributed by atoms with Gasteiger partial charge in [-0.3, -0.25) is 9.59 Å². The van der Waals surface area contributed by atoms with Crippen LogP contribution in [0.4, 0.5) is 0 Å². The Hall–Kier alpha value is -2.52. The van der Waals surface area contributed by atoms with Crippen molar-refractivity contribution in [2.75, 3.05) is 6.54 Å². The van der Waals surface area contributed by atoms with E-state index >= 15 is 0 Å². The highest BCUT2D eigenvalue weighted by atomic mass is 35.5. The van der Waals surface area contributed by atoms with Gasteiger partial charge in [0.15, 0.2) is 0 Å². The van der Waals surface area contributed by atoms with Gasteiger partial charge in [-0.25, -0.2) is 0 Å². The molecule has 3 N–H and O–H groups in total. The van der Waals surface area contributed by atoms with Crippen molar-refractivity contribution in [1.82, 2.24) is 30.8 Å². The second kappa shape index (κ2) is 7.63. The topological polar surface area (TPSA) is 124 Å². The Labute approximate surface area is 179 Å². The van der Waals surface area contributed by atoms with Gasteiger partial charge in [0.05, 0.1) is 0 Å². The van der Waals surface area contributed by atoms with Crippen molar-refractivity contribution in [2.45, 2.75) is 45.9 Å². The van der Waals surface area contributed by atoms with E-state index in [1.807, 2.05) is 0 Å². The molecule has 1 aromatic carbocycles. The molecule has 4 rings (SSSR count). The van der Waals surface area contributed by atoms with Crippen LogP contribution in [0.1, 0.15) is 32.8 Å². The van der Waals surface area contributed by atoms with Gasteiger partial charge in [0.2, 0.25) is 11.7 Å². The highest BCUT2D eigenvalue weighted by Crippen LogP contribution is 2.50. The number of amides is 2. The maximum absolute atomic E-state index is 13.1. The molecule has 4 atom stereocenters. The number of H-pyrrole nitrogens is 1. The number of likely N-dealkylation sites (tertiary alicyclic amines) is 1. The van der Waals surface area contributed by atoms with Gasteiger partial charge in [-0.1, -0.05) is 32.4 Å². The molecule has 0 radical (unpaired) electrons. The van der Waals surface area contributed by atoms with Gasteiger partial charge in [0, 0.05) is 23.7 Å². The Kier molecular flexibility index (Phi) is 5.27. The van der Waals surface area contributed by atoms with Crippen LogP contribution in [0.25, 0.3) is 11.4 Å². The van der Waals surface area contributed by atoms with Gasteiger partial charge in [-0.2, -0.15) is 5.21 Å². The summed E-state index contributed by atoms with van der Waals surface area (Å²) in [6.07, 6.45) is -0.221. The molecule has 9 nitrogen and oxygen atoms in total. The Morgan fingerprint density at radius 1 is 1.40 bits per heavy atom. The van der Waals surface area contributed by atoms with Crippen LogP contribution < -0.4 is 5.32 Å². The lowest BCUT2D eigenvalue weighted by molar-refractivity contribution is -0.151. The average Bonchev–Trinajstić information content (AvgIpc) is 3.09. The number of aliphatic hydroxyl groups is 1. The second-order valence-electron chi connectivity index (χ2n) is 9.12. The molecule has 1 saturated heterocycles. The minimum Gasteiger partial charge on any atom is -0.383 e. The number of piperidine rings is 1. The first-order chi connectivity index (χ1) is 14.2. The molecular weight excluding hydrogens is 408 g/mol. The fourth-order valence-electron chi connectivity index (χ4n) is 4.05. The van der Waals surface area contributed by atoms with Gasteiger partial charge in [-0.15, -0.1) is 10.2 Å². The van der Waals surface area contributed by atoms with E-state index in [4.69, 9.17) is 11.6 Å². The van der Waals surface area contributed by atoms with Crippen LogP contribution in [0.5, 0.6) is 0 Å². The van der Waals surface area contributed by atoms with Crippen LogP contribution in [0.3, 0.4) is 0 Å². The number of hydrogen-bond acceptors (Lipinski definition) is 6. The van der Waals surface area contributed by atoms with Crippen LogP contribution >= 0.6 is 11.6 Å². The fraction of sp³-hybridized carbons (Fsp3) is 0.550. The van der Waals surface area contributed by atoms with E-state index in [2.05, 4.69) is 25.9 Å². The molecule has 2 heterocycles. The third kappa shape index (κ3) is 3.91. The van der Waals surface area contributed by atoms with E-state index in [9.17, 15) is 14.7 Å². The van der Waals surface area contributed by atoms with E-state index in [1.54, 1.807) is 43.9 Å². The van der Waals surface area contributed by atoms with Crippen LogP contribution in [0.15, 0.2) is 18.2 Å². The summed E-state index contributed by atoms with van der Waals surface area (Å²) in [6.45, 7) is 6.14. The molecule has 1 aliphatic carbocycles. The quantitative estimate of drug-likeness (QED) is 0.655. The summed E-state index contributed by atoms with van der Waals surface area (Å²) >= 11 is 6.14. The van der Waals surface area contributed by atoms with Crippen LogP contribution in [-0.2, 0) is 16.1 Å². The minimum atomic E-state index is -1.15. The number of fused-ring (bicyclic) bond motifs is 1. The summed E-state index contributed by atoms with van der Waals surface area (Å²) < 4.78 is 0. The zero-order chi connectivity index (χ0) is 21.6. The molecule has 0 bridgehead atoms. The number of aromatic nitrogens is 4. The largest absolute Gasteiger partial charge is 0.383 e. The van der Waals surface area contributed by atoms with E-state index < -0.39 is 17.6 Å². The van der Waals surface area contributed by atoms with Crippen molar-refractivity contribution in [2.24, 2.45) is 17.3 Å². The van der Waals surface area contributed by atoms with Crippen molar-refractivity contribution in [1.29, 1.82) is 0 Å². The van der Waals surface area contributed by atoms with E-state index in [1.165, 1.54) is 0 Å². The van der Waals surface area contributed by atoms with Crippen molar-refractivity contribution < 1.29 is 14.7 Å². The third-order valence-electron chi connectivity index (χ3n) is 5.86. The molecule has 1 saturated carbocycles. The fourth-order valence-corrected chi connectivity index (χ4v) is 4.24. The molecule has 2 aliphatic rings. The minimum absolute atomic E-state index is 0.150. The molecule has 2 amide bonds. The summed E-state index contributed by atoms with van der Waals surface area (Å²) in [7, 11) is 0. The number of nitrogens with one attached hydrogen (secondary N) is 2. The highest BCUT2D eigenvalue weighted by molar-refractivity contribution is 6.30. The Morgan fingerprint density at radius 3 is 2.83 bits per heavy atom. The predicted octanol–water partition coefficient (Wildman–Crippen LogP) is 1.39. The monoisotopic (exact) mass is 432 g/mol. The molecule has 10 heteroatoms. The molecule has 30 heavy (non-hydrogen) atoms. The zero-order valence-corrected chi connectivity index (χ0v) is 17.8. The molecular formula is C20H25ClN6O3. The third-order valence-corrected chi connectivity index (χ3v) is 6.10. The normalized spacial score (nSPS) is 23.8.